The quantitative estimate of drug-likeness (QED) is 0.767. The van der Waals surface area contributed by atoms with Crippen molar-refractivity contribution in [2.75, 3.05) is 6.54 Å². The van der Waals surface area contributed by atoms with Crippen molar-refractivity contribution in [2.45, 2.75) is 20.3 Å². The molecule has 0 fully saturated rings. The van der Waals surface area contributed by atoms with Crippen molar-refractivity contribution in [3.05, 3.63) is 51.1 Å². The molecule has 0 bridgehead atoms. The van der Waals surface area contributed by atoms with Crippen LogP contribution in [0, 0.1) is 13.8 Å². The van der Waals surface area contributed by atoms with E-state index in [-0.39, 0.29) is 5.91 Å². The van der Waals surface area contributed by atoms with Crippen LogP contribution in [0.5, 0.6) is 0 Å². The van der Waals surface area contributed by atoms with E-state index < -0.39 is 0 Å². The fraction of sp³-hybridized carbons (Fsp3) is 0.250. The Hall–Kier alpha value is -1.92. The molecule has 3 aromatic heterocycles. The van der Waals surface area contributed by atoms with E-state index in [9.17, 15) is 4.79 Å². The molecule has 3 aromatic rings. The van der Waals surface area contributed by atoms with E-state index in [4.69, 9.17) is 4.42 Å². The lowest BCUT2D eigenvalue weighted by molar-refractivity contribution is 0.0952. The average Bonchev–Trinajstić information content (AvgIpc) is 3.19. The maximum absolute atomic E-state index is 12.0. The Morgan fingerprint density at radius 2 is 2.18 bits per heavy atom. The predicted octanol–water partition coefficient (Wildman–Crippen LogP) is 4.05. The second-order valence-corrected chi connectivity index (χ2v) is 7.14. The summed E-state index contributed by atoms with van der Waals surface area (Å²) in [7, 11) is 0. The lowest BCUT2D eigenvalue weighted by Crippen LogP contribution is -2.25. The number of rotatable bonds is 5. The highest BCUT2D eigenvalue weighted by Gasteiger charge is 2.11. The smallest absolute Gasteiger partial charge is 0.254 e. The molecule has 6 heteroatoms. The van der Waals surface area contributed by atoms with Crippen LogP contribution in [0.3, 0.4) is 0 Å². The van der Waals surface area contributed by atoms with Crippen molar-refractivity contribution in [3.63, 3.8) is 0 Å². The lowest BCUT2D eigenvalue weighted by atomic mass is 10.2. The molecule has 0 radical (unpaired) electrons. The van der Waals surface area contributed by atoms with Gasteiger partial charge < -0.3 is 9.73 Å². The molecule has 1 amide bonds. The normalized spacial score (nSPS) is 10.8. The Labute approximate surface area is 136 Å². The highest BCUT2D eigenvalue weighted by Crippen LogP contribution is 2.29. The van der Waals surface area contributed by atoms with E-state index in [1.807, 2.05) is 6.92 Å². The van der Waals surface area contributed by atoms with Crippen LogP contribution in [0.25, 0.3) is 10.6 Å². The fourth-order valence-corrected chi connectivity index (χ4v) is 3.80. The molecule has 1 N–H and O–H groups in total. The molecule has 0 saturated heterocycles. The minimum Gasteiger partial charge on any atom is -0.469 e. The molecular weight excluding hydrogens is 316 g/mol. The van der Waals surface area contributed by atoms with Gasteiger partial charge in [-0.15, -0.1) is 22.7 Å². The van der Waals surface area contributed by atoms with Crippen LogP contribution in [-0.4, -0.2) is 17.4 Å². The van der Waals surface area contributed by atoms with Gasteiger partial charge in [0.1, 0.15) is 5.76 Å². The molecule has 0 atom stereocenters. The molecule has 0 unspecified atom stereocenters. The Kier molecular flexibility index (Phi) is 4.40. The van der Waals surface area contributed by atoms with Gasteiger partial charge in [-0.2, -0.15) is 0 Å². The number of carbonyl (C=O) groups excluding carboxylic acids is 1. The number of amides is 1. The molecule has 0 aliphatic rings. The van der Waals surface area contributed by atoms with E-state index in [0.29, 0.717) is 17.9 Å². The van der Waals surface area contributed by atoms with Crippen LogP contribution in [0.4, 0.5) is 0 Å². The first-order valence-electron chi connectivity index (χ1n) is 6.97. The Morgan fingerprint density at radius 1 is 1.32 bits per heavy atom. The number of nitrogens with one attached hydrogen (secondary N) is 1. The molecule has 0 aliphatic heterocycles. The molecule has 0 spiro atoms. The van der Waals surface area contributed by atoms with Gasteiger partial charge in [0.25, 0.3) is 5.91 Å². The third-order valence-electron chi connectivity index (χ3n) is 3.29. The molecular formula is C16H16N2O2S2. The third kappa shape index (κ3) is 3.28. The number of nitrogens with zero attached hydrogens (tertiary/aromatic N) is 1. The van der Waals surface area contributed by atoms with Gasteiger partial charge >= 0.3 is 0 Å². The lowest BCUT2D eigenvalue weighted by Gasteiger charge is -2.02. The van der Waals surface area contributed by atoms with Gasteiger partial charge in [0.15, 0.2) is 0 Å². The molecule has 0 aliphatic carbocycles. The Morgan fingerprint density at radius 3 is 2.86 bits per heavy atom. The standard InChI is InChI=1S/C16H16N2O2S2/c1-10-13(6-8-20-10)16(19)17-7-5-12-3-4-15(22-12)14-9-21-11(2)18-14/h3-4,6,8-9H,5,7H2,1-2H3,(H,17,19). The van der Waals surface area contributed by atoms with Gasteiger partial charge in [-0.3, -0.25) is 4.79 Å². The zero-order valence-corrected chi connectivity index (χ0v) is 14.0. The van der Waals surface area contributed by atoms with E-state index in [2.05, 4.69) is 27.8 Å². The summed E-state index contributed by atoms with van der Waals surface area (Å²) in [5.74, 6) is 0.563. The third-order valence-corrected chi connectivity index (χ3v) is 5.23. The first-order valence-corrected chi connectivity index (χ1v) is 8.66. The number of thiazole rings is 1. The maximum atomic E-state index is 12.0. The number of hydrogen-bond donors (Lipinski definition) is 1. The van der Waals surface area contributed by atoms with E-state index >= 15 is 0 Å². The van der Waals surface area contributed by atoms with Crippen molar-refractivity contribution in [2.24, 2.45) is 0 Å². The number of aryl methyl sites for hydroxylation is 2. The fourth-order valence-electron chi connectivity index (χ4n) is 2.14. The number of thiophene rings is 1. The summed E-state index contributed by atoms with van der Waals surface area (Å²) < 4.78 is 5.14. The van der Waals surface area contributed by atoms with Crippen molar-refractivity contribution < 1.29 is 9.21 Å². The molecule has 114 valence electrons. The first kappa shape index (κ1) is 15.0. The van der Waals surface area contributed by atoms with E-state index in [1.165, 1.54) is 16.0 Å². The van der Waals surface area contributed by atoms with Crippen LogP contribution in [0.2, 0.25) is 0 Å². The zero-order valence-electron chi connectivity index (χ0n) is 12.4. The van der Waals surface area contributed by atoms with Crippen LogP contribution in [-0.2, 0) is 6.42 Å². The summed E-state index contributed by atoms with van der Waals surface area (Å²) in [5.41, 5.74) is 1.64. The summed E-state index contributed by atoms with van der Waals surface area (Å²) in [6.45, 7) is 4.41. The van der Waals surface area contributed by atoms with Crippen LogP contribution >= 0.6 is 22.7 Å². The molecule has 0 saturated carbocycles. The van der Waals surface area contributed by atoms with E-state index in [0.717, 1.165) is 17.1 Å². The average molecular weight is 332 g/mol. The SMILES string of the molecule is Cc1nc(-c2ccc(CCNC(=O)c3ccoc3C)s2)cs1. The summed E-state index contributed by atoms with van der Waals surface area (Å²) in [5, 5.41) is 6.08. The zero-order chi connectivity index (χ0) is 15.5. The van der Waals surface area contributed by atoms with Crippen molar-refractivity contribution in [1.82, 2.24) is 10.3 Å². The van der Waals surface area contributed by atoms with Gasteiger partial charge in [-0.05, 0) is 38.5 Å². The topological polar surface area (TPSA) is 55.1 Å². The molecule has 3 rings (SSSR count). The number of carbonyl (C=O) groups is 1. The number of furan rings is 1. The van der Waals surface area contributed by atoms with E-state index in [1.54, 1.807) is 35.7 Å². The van der Waals surface area contributed by atoms with Gasteiger partial charge in [-0.25, -0.2) is 4.98 Å². The van der Waals surface area contributed by atoms with Crippen molar-refractivity contribution in [3.8, 4) is 10.6 Å². The second-order valence-electron chi connectivity index (χ2n) is 4.91. The highest BCUT2D eigenvalue weighted by atomic mass is 32.1. The Bertz CT molecular complexity index is 786. The summed E-state index contributed by atoms with van der Waals surface area (Å²) >= 11 is 3.39. The monoisotopic (exact) mass is 332 g/mol. The second kappa shape index (κ2) is 6.46. The van der Waals surface area contributed by atoms with Crippen molar-refractivity contribution in [1.29, 1.82) is 0 Å². The van der Waals surface area contributed by atoms with Gasteiger partial charge in [0.2, 0.25) is 0 Å². The largest absolute Gasteiger partial charge is 0.469 e. The number of hydrogen-bond acceptors (Lipinski definition) is 5. The Balaban J connectivity index is 1.55. The van der Waals surface area contributed by atoms with Gasteiger partial charge in [0.05, 0.1) is 27.4 Å². The molecule has 3 heterocycles. The summed E-state index contributed by atoms with van der Waals surface area (Å²) in [4.78, 5) is 18.9. The molecule has 0 aromatic carbocycles. The van der Waals surface area contributed by atoms with Gasteiger partial charge in [-0.1, -0.05) is 0 Å². The van der Waals surface area contributed by atoms with Gasteiger partial charge in [0, 0.05) is 16.8 Å². The van der Waals surface area contributed by atoms with Crippen molar-refractivity contribution >= 4 is 28.6 Å². The number of aromatic nitrogens is 1. The first-order chi connectivity index (χ1) is 10.6. The molecule has 4 nitrogen and oxygen atoms in total. The van der Waals surface area contributed by atoms with Crippen LogP contribution in [0.15, 0.2) is 34.3 Å². The maximum Gasteiger partial charge on any atom is 0.254 e. The van der Waals surface area contributed by atoms with Crippen LogP contribution in [0.1, 0.15) is 26.0 Å². The van der Waals surface area contributed by atoms with Crippen LogP contribution < -0.4 is 5.32 Å². The minimum absolute atomic E-state index is 0.0850. The molecule has 22 heavy (non-hydrogen) atoms. The summed E-state index contributed by atoms with van der Waals surface area (Å²) in [6.07, 6.45) is 2.35. The predicted molar refractivity (Wildman–Crippen MR) is 89.6 cm³/mol. The highest BCUT2D eigenvalue weighted by molar-refractivity contribution is 7.16. The summed E-state index contributed by atoms with van der Waals surface area (Å²) in [6, 6.07) is 5.89. The minimum atomic E-state index is -0.0850.